The van der Waals surface area contributed by atoms with E-state index < -0.39 is 15.6 Å². The highest BCUT2D eigenvalue weighted by Crippen LogP contribution is 2.54. The van der Waals surface area contributed by atoms with E-state index in [9.17, 15) is 8.42 Å². The van der Waals surface area contributed by atoms with Crippen LogP contribution in [0.1, 0.15) is 44.6 Å². The molecule has 2 atom stereocenters. The van der Waals surface area contributed by atoms with Crippen LogP contribution in [0.2, 0.25) is 5.02 Å². The first kappa shape index (κ1) is 17.9. The van der Waals surface area contributed by atoms with Gasteiger partial charge in [0, 0.05) is 12.1 Å². The number of sulfonamides is 1. The highest BCUT2D eigenvalue weighted by Gasteiger charge is 2.57. The maximum atomic E-state index is 13.3. The Morgan fingerprint density at radius 3 is 2.54 bits per heavy atom. The molecule has 2 N–H and O–H groups in total. The molecule has 1 aromatic carbocycles. The number of hydrogen-bond acceptors (Lipinski definition) is 3. The van der Waals surface area contributed by atoms with Crippen LogP contribution < -0.4 is 5.73 Å². The smallest absolute Gasteiger partial charge is 0.244 e. The summed E-state index contributed by atoms with van der Waals surface area (Å²) in [5, 5.41) is 0.605. The summed E-state index contributed by atoms with van der Waals surface area (Å²) >= 11 is 5.98. The van der Waals surface area contributed by atoms with Gasteiger partial charge in [0.15, 0.2) is 0 Å². The van der Waals surface area contributed by atoms with Gasteiger partial charge in [-0.2, -0.15) is 4.31 Å². The number of hydrogen-bond donors (Lipinski definition) is 1. The van der Waals surface area contributed by atoms with E-state index in [1.807, 2.05) is 6.92 Å². The number of likely N-dealkylation sites (N-methyl/N-ethyl adjacent to an activating group) is 1. The van der Waals surface area contributed by atoms with Gasteiger partial charge in [-0.25, -0.2) is 8.42 Å². The van der Waals surface area contributed by atoms with Gasteiger partial charge in [-0.15, -0.1) is 0 Å². The fourth-order valence-corrected chi connectivity index (χ4v) is 6.88. The number of halogens is 1. The zero-order valence-electron chi connectivity index (χ0n) is 14.3. The van der Waals surface area contributed by atoms with E-state index >= 15 is 0 Å². The molecule has 1 aromatic rings. The van der Waals surface area contributed by atoms with E-state index in [0.29, 0.717) is 22.9 Å². The molecule has 0 aromatic heterocycles. The molecule has 1 aliphatic carbocycles. The molecule has 0 amide bonds. The lowest BCUT2D eigenvalue weighted by Gasteiger charge is -2.46. The Balaban J connectivity index is 2.27. The largest absolute Gasteiger partial charge is 0.330 e. The van der Waals surface area contributed by atoms with Gasteiger partial charge >= 0.3 is 0 Å². The SMILES string of the molecule is CCC1=C(c2ccc(Cl)cc2)S(=O)(=O)N(C)C12CCCCC2CN. The summed E-state index contributed by atoms with van der Waals surface area (Å²) in [7, 11) is -1.81. The van der Waals surface area contributed by atoms with Crippen LogP contribution in [0.4, 0.5) is 0 Å². The second-order valence-electron chi connectivity index (χ2n) is 6.74. The molecule has 132 valence electrons. The molecule has 24 heavy (non-hydrogen) atoms. The van der Waals surface area contributed by atoms with Crippen molar-refractivity contribution in [3.05, 3.63) is 40.4 Å². The summed E-state index contributed by atoms with van der Waals surface area (Å²) in [6.45, 7) is 2.56. The molecule has 1 heterocycles. The zero-order valence-corrected chi connectivity index (χ0v) is 15.8. The minimum Gasteiger partial charge on any atom is -0.330 e. The summed E-state index contributed by atoms with van der Waals surface area (Å²) in [6, 6.07) is 7.11. The van der Waals surface area contributed by atoms with Crippen LogP contribution in [0.3, 0.4) is 0 Å². The summed E-state index contributed by atoms with van der Waals surface area (Å²) in [6.07, 6.45) is 4.69. The van der Waals surface area contributed by atoms with Gasteiger partial charge in [0.1, 0.15) is 0 Å². The van der Waals surface area contributed by atoms with Crippen LogP contribution in [0.15, 0.2) is 29.8 Å². The maximum Gasteiger partial charge on any atom is 0.244 e. The normalized spacial score (nSPS) is 30.2. The molecule has 4 nitrogen and oxygen atoms in total. The van der Waals surface area contributed by atoms with Gasteiger partial charge in [-0.3, -0.25) is 0 Å². The predicted octanol–water partition coefficient (Wildman–Crippen LogP) is 3.62. The molecule has 1 saturated carbocycles. The molecule has 0 bridgehead atoms. The third-order valence-electron chi connectivity index (χ3n) is 5.76. The molecule has 1 spiro atoms. The molecule has 2 aliphatic rings. The monoisotopic (exact) mass is 368 g/mol. The van der Waals surface area contributed by atoms with Crippen molar-refractivity contribution in [2.75, 3.05) is 13.6 Å². The van der Waals surface area contributed by atoms with E-state index in [-0.39, 0.29) is 5.92 Å². The first-order chi connectivity index (χ1) is 11.4. The molecule has 3 rings (SSSR count). The first-order valence-electron chi connectivity index (χ1n) is 8.58. The Bertz CT molecular complexity index is 758. The molecule has 0 radical (unpaired) electrons. The molecule has 0 saturated heterocycles. The van der Waals surface area contributed by atoms with Crippen molar-refractivity contribution >= 4 is 26.5 Å². The quantitative estimate of drug-likeness (QED) is 0.886. The van der Waals surface area contributed by atoms with Crippen molar-refractivity contribution < 1.29 is 8.42 Å². The van der Waals surface area contributed by atoms with E-state index in [0.717, 1.165) is 36.8 Å². The Hall–Kier alpha value is -0.880. The molecule has 1 aliphatic heterocycles. The Kier molecular flexibility index (Phi) is 4.82. The first-order valence-corrected chi connectivity index (χ1v) is 10.4. The summed E-state index contributed by atoms with van der Waals surface area (Å²) < 4.78 is 28.2. The van der Waals surface area contributed by atoms with Gasteiger partial charge in [-0.1, -0.05) is 43.5 Å². The van der Waals surface area contributed by atoms with Crippen LogP contribution in [0, 0.1) is 5.92 Å². The molecular formula is C18H25ClN2O2S. The number of rotatable bonds is 3. The third-order valence-corrected chi connectivity index (χ3v) is 8.05. The fraction of sp³-hybridized carbons (Fsp3) is 0.556. The molecule has 2 unspecified atom stereocenters. The van der Waals surface area contributed by atoms with Gasteiger partial charge < -0.3 is 5.73 Å². The third kappa shape index (κ3) is 2.45. The topological polar surface area (TPSA) is 63.4 Å². The van der Waals surface area contributed by atoms with Gasteiger partial charge in [-0.05, 0) is 55.0 Å². The van der Waals surface area contributed by atoms with Crippen LogP contribution in [0.25, 0.3) is 4.91 Å². The Morgan fingerprint density at radius 2 is 1.96 bits per heavy atom. The van der Waals surface area contributed by atoms with E-state index in [1.165, 1.54) is 0 Å². The van der Waals surface area contributed by atoms with Crippen LogP contribution >= 0.6 is 11.6 Å². The van der Waals surface area contributed by atoms with E-state index in [1.54, 1.807) is 35.6 Å². The molecule has 1 fully saturated rings. The standard InChI is InChI=1S/C18H25ClN2O2S/c1-3-16-17(13-7-9-15(19)10-8-13)24(22,23)21(2)18(16)11-5-4-6-14(18)12-20/h7-10,14H,3-6,11-12,20H2,1-2H3. The summed E-state index contributed by atoms with van der Waals surface area (Å²) in [5.74, 6) is 0.172. The average Bonchev–Trinajstić information content (AvgIpc) is 2.74. The summed E-state index contributed by atoms with van der Waals surface area (Å²) in [4.78, 5) is 0.463. The fourth-order valence-electron chi connectivity index (χ4n) is 4.64. The maximum absolute atomic E-state index is 13.3. The molecular weight excluding hydrogens is 344 g/mol. The van der Waals surface area contributed by atoms with Crippen molar-refractivity contribution in [2.45, 2.75) is 44.6 Å². The zero-order chi connectivity index (χ0) is 17.5. The minimum absolute atomic E-state index is 0.172. The van der Waals surface area contributed by atoms with Gasteiger partial charge in [0.2, 0.25) is 10.0 Å². The average molecular weight is 369 g/mol. The highest BCUT2D eigenvalue weighted by atomic mass is 35.5. The van der Waals surface area contributed by atoms with Crippen molar-refractivity contribution in [3.63, 3.8) is 0 Å². The van der Waals surface area contributed by atoms with Crippen LogP contribution in [-0.4, -0.2) is 31.9 Å². The Labute approximate surface area is 149 Å². The van der Waals surface area contributed by atoms with E-state index in [4.69, 9.17) is 17.3 Å². The number of nitrogens with zero attached hydrogens (tertiary/aromatic N) is 1. The number of nitrogens with two attached hydrogens (primary N) is 1. The second-order valence-corrected chi connectivity index (χ2v) is 9.09. The van der Waals surface area contributed by atoms with Gasteiger partial charge in [0.05, 0.1) is 10.4 Å². The number of benzene rings is 1. The lowest BCUT2D eigenvalue weighted by atomic mass is 9.67. The van der Waals surface area contributed by atoms with Crippen molar-refractivity contribution in [1.29, 1.82) is 0 Å². The predicted molar refractivity (Wildman–Crippen MR) is 99.1 cm³/mol. The van der Waals surface area contributed by atoms with Crippen LogP contribution in [0.5, 0.6) is 0 Å². The highest BCUT2D eigenvalue weighted by molar-refractivity contribution is 7.98. The molecule has 6 heteroatoms. The lowest BCUT2D eigenvalue weighted by Crippen LogP contribution is -2.55. The lowest BCUT2D eigenvalue weighted by molar-refractivity contribution is 0.122. The second kappa shape index (κ2) is 6.45. The Morgan fingerprint density at radius 1 is 1.29 bits per heavy atom. The van der Waals surface area contributed by atoms with Crippen molar-refractivity contribution in [2.24, 2.45) is 11.7 Å². The summed E-state index contributed by atoms with van der Waals surface area (Å²) in [5.41, 5.74) is 7.34. The van der Waals surface area contributed by atoms with Gasteiger partial charge in [0.25, 0.3) is 0 Å². The minimum atomic E-state index is -3.53. The van der Waals surface area contributed by atoms with Crippen molar-refractivity contribution in [1.82, 2.24) is 4.31 Å². The van der Waals surface area contributed by atoms with Crippen molar-refractivity contribution in [3.8, 4) is 0 Å². The van der Waals surface area contributed by atoms with Crippen LogP contribution in [-0.2, 0) is 10.0 Å². The van der Waals surface area contributed by atoms with E-state index in [2.05, 4.69) is 0 Å².